The van der Waals surface area contributed by atoms with E-state index < -0.39 is 21.6 Å². The van der Waals surface area contributed by atoms with Gasteiger partial charge < -0.3 is 9.84 Å². The van der Waals surface area contributed by atoms with Gasteiger partial charge in [-0.1, -0.05) is 11.2 Å². The predicted molar refractivity (Wildman–Crippen MR) is 124 cm³/mol. The van der Waals surface area contributed by atoms with Gasteiger partial charge in [-0.3, -0.25) is 14.5 Å². The summed E-state index contributed by atoms with van der Waals surface area (Å²) in [5.74, 6) is -0.240. The van der Waals surface area contributed by atoms with E-state index >= 15 is 0 Å². The van der Waals surface area contributed by atoms with Gasteiger partial charge in [0.2, 0.25) is 5.82 Å². The summed E-state index contributed by atoms with van der Waals surface area (Å²) < 4.78 is 47.1. The molecule has 2 heterocycles. The number of alkyl halides is 1. The SMILES string of the molecule is CC(C)(F)C(=O)Nc1cccc(NS(=O)(=O)c2ccc(-c3noc(-c4cccnc4)n3)cc2)c1. The van der Waals surface area contributed by atoms with E-state index in [1.165, 1.54) is 36.4 Å². The van der Waals surface area contributed by atoms with Gasteiger partial charge in [0, 0.05) is 23.6 Å². The van der Waals surface area contributed by atoms with E-state index in [1.807, 2.05) is 0 Å². The Morgan fingerprint density at radius 2 is 1.74 bits per heavy atom. The molecule has 0 aliphatic rings. The third-order valence-electron chi connectivity index (χ3n) is 4.67. The van der Waals surface area contributed by atoms with E-state index in [0.29, 0.717) is 22.8 Å². The molecule has 0 radical (unpaired) electrons. The number of anilines is 2. The molecule has 0 atom stereocenters. The smallest absolute Gasteiger partial charge is 0.261 e. The fourth-order valence-corrected chi connectivity index (χ4v) is 3.93. The Bertz CT molecular complexity index is 1420. The van der Waals surface area contributed by atoms with Crippen LogP contribution in [0.5, 0.6) is 0 Å². The quantitative estimate of drug-likeness (QED) is 0.403. The fourth-order valence-electron chi connectivity index (χ4n) is 2.88. The van der Waals surface area contributed by atoms with Crippen molar-refractivity contribution < 1.29 is 22.1 Å². The number of rotatable bonds is 7. The number of hydrogen-bond donors (Lipinski definition) is 2. The van der Waals surface area contributed by atoms with Crippen LogP contribution in [0.4, 0.5) is 15.8 Å². The summed E-state index contributed by atoms with van der Waals surface area (Å²) in [5, 5.41) is 6.34. The number of nitrogens with one attached hydrogen (secondary N) is 2. The van der Waals surface area contributed by atoms with Crippen LogP contribution in [0.3, 0.4) is 0 Å². The first kappa shape index (κ1) is 23.1. The number of benzene rings is 2. The lowest BCUT2D eigenvalue weighted by molar-refractivity contribution is -0.125. The number of carbonyl (C=O) groups is 1. The molecule has 4 aromatic rings. The van der Waals surface area contributed by atoms with Crippen molar-refractivity contribution in [3.05, 3.63) is 73.1 Å². The molecule has 0 saturated heterocycles. The number of nitrogens with zero attached hydrogens (tertiary/aromatic N) is 3. The van der Waals surface area contributed by atoms with Crippen LogP contribution < -0.4 is 10.0 Å². The Morgan fingerprint density at radius 1 is 1.00 bits per heavy atom. The van der Waals surface area contributed by atoms with Gasteiger partial charge in [-0.25, -0.2) is 12.8 Å². The number of aromatic nitrogens is 3. The van der Waals surface area contributed by atoms with Crippen molar-refractivity contribution >= 4 is 27.3 Å². The third kappa shape index (κ3) is 5.26. The molecule has 0 fully saturated rings. The Morgan fingerprint density at radius 3 is 2.41 bits per heavy atom. The number of halogens is 1. The van der Waals surface area contributed by atoms with Crippen LogP contribution in [-0.2, 0) is 14.8 Å². The molecule has 174 valence electrons. The van der Waals surface area contributed by atoms with Crippen LogP contribution in [0.25, 0.3) is 22.8 Å². The second-order valence-electron chi connectivity index (χ2n) is 7.80. The standard InChI is InChI=1S/C23H20FN5O4S/c1-23(2,24)22(30)26-17-6-3-7-18(13-17)29-34(31,32)19-10-8-15(9-11-19)20-27-21(33-28-20)16-5-4-12-25-14-16/h3-14,29H,1-2H3,(H,26,30). The van der Waals surface area contributed by atoms with Crippen LogP contribution in [0.1, 0.15) is 13.8 Å². The molecular formula is C23H20FN5O4S. The molecule has 0 aliphatic heterocycles. The van der Waals surface area contributed by atoms with Gasteiger partial charge in [0.15, 0.2) is 5.67 Å². The summed E-state index contributed by atoms with van der Waals surface area (Å²) in [5.41, 5.74) is -0.380. The second-order valence-corrected chi connectivity index (χ2v) is 9.48. The van der Waals surface area contributed by atoms with Gasteiger partial charge in [-0.15, -0.1) is 0 Å². The van der Waals surface area contributed by atoms with E-state index in [2.05, 4.69) is 25.2 Å². The summed E-state index contributed by atoms with van der Waals surface area (Å²) in [6.07, 6.45) is 3.22. The van der Waals surface area contributed by atoms with Crippen molar-refractivity contribution in [3.8, 4) is 22.8 Å². The van der Waals surface area contributed by atoms with Crippen LogP contribution in [0.15, 0.2) is 82.5 Å². The van der Waals surface area contributed by atoms with Gasteiger partial charge in [0.25, 0.3) is 21.8 Å². The second kappa shape index (κ2) is 9.02. The monoisotopic (exact) mass is 481 g/mol. The van der Waals surface area contributed by atoms with Gasteiger partial charge in [-0.05, 0) is 68.4 Å². The molecule has 0 aliphatic carbocycles. The van der Waals surface area contributed by atoms with Crippen molar-refractivity contribution in [2.45, 2.75) is 24.4 Å². The van der Waals surface area contributed by atoms with Crippen molar-refractivity contribution in [2.75, 3.05) is 10.0 Å². The minimum absolute atomic E-state index is 0.00607. The highest BCUT2D eigenvalue weighted by molar-refractivity contribution is 7.92. The number of amides is 1. The maximum Gasteiger partial charge on any atom is 0.261 e. The third-order valence-corrected chi connectivity index (χ3v) is 6.07. The zero-order valence-electron chi connectivity index (χ0n) is 18.2. The summed E-state index contributed by atoms with van der Waals surface area (Å²) in [7, 11) is -3.93. The molecule has 0 bridgehead atoms. The molecule has 0 unspecified atom stereocenters. The maximum atomic E-state index is 13.8. The van der Waals surface area contributed by atoms with Crippen LogP contribution in [0.2, 0.25) is 0 Å². The number of carbonyl (C=O) groups excluding carboxylic acids is 1. The number of sulfonamides is 1. The average Bonchev–Trinajstić information content (AvgIpc) is 3.29. The molecule has 34 heavy (non-hydrogen) atoms. The summed E-state index contributed by atoms with van der Waals surface area (Å²) in [4.78, 5) is 20.2. The lowest BCUT2D eigenvalue weighted by atomic mass is 10.1. The van der Waals surface area contributed by atoms with Crippen molar-refractivity contribution in [1.82, 2.24) is 15.1 Å². The molecule has 1 amide bonds. The van der Waals surface area contributed by atoms with Crippen molar-refractivity contribution in [3.63, 3.8) is 0 Å². The molecule has 9 nitrogen and oxygen atoms in total. The highest BCUT2D eigenvalue weighted by Crippen LogP contribution is 2.25. The number of hydrogen-bond acceptors (Lipinski definition) is 7. The molecule has 0 spiro atoms. The average molecular weight is 482 g/mol. The molecule has 4 rings (SSSR count). The molecule has 2 N–H and O–H groups in total. The van der Waals surface area contributed by atoms with Gasteiger partial charge in [0.1, 0.15) is 0 Å². The first-order chi connectivity index (χ1) is 16.1. The Balaban J connectivity index is 1.49. The van der Waals surface area contributed by atoms with Gasteiger partial charge in [-0.2, -0.15) is 4.98 Å². The topological polar surface area (TPSA) is 127 Å². The molecule has 11 heteroatoms. The first-order valence-corrected chi connectivity index (χ1v) is 11.6. The number of pyridine rings is 1. The molecule has 2 aromatic carbocycles. The van der Waals surface area contributed by atoms with E-state index in [4.69, 9.17) is 4.52 Å². The fraction of sp³-hybridized carbons (Fsp3) is 0.130. The summed E-state index contributed by atoms with van der Waals surface area (Å²) in [6, 6.07) is 15.5. The van der Waals surface area contributed by atoms with Crippen LogP contribution in [-0.4, -0.2) is 35.1 Å². The Hall–Kier alpha value is -4.12. The Labute approximate surface area is 195 Å². The van der Waals surface area contributed by atoms with Gasteiger partial charge in [0.05, 0.1) is 16.1 Å². The zero-order valence-corrected chi connectivity index (χ0v) is 19.0. The first-order valence-electron chi connectivity index (χ1n) is 10.1. The Kier molecular flexibility index (Phi) is 6.12. The maximum absolute atomic E-state index is 13.8. The minimum atomic E-state index is -3.93. The lowest BCUT2D eigenvalue weighted by Crippen LogP contribution is -2.32. The normalized spacial score (nSPS) is 11.7. The zero-order chi connectivity index (χ0) is 24.3. The summed E-state index contributed by atoms with van der Waals surface area (Å²) in [6.45, 7) is 2.26. The largest absolute Gasteiger partial charge is 0.334 e. The van der Waals surface area contributed by atoms with Crippen molar-refractivity contribution in [1.29, 1.82) is 0 Å². The lowest BCUT2D eigenvalue weighted by Gasteiger charge is -2.15. The minimum Gasteiger partial charge on any atom is -0.334 e. The molecule has 2 aromatic heterocycles. The highest BCUT2D eigenvalue weighted by Gasteiger charge is 2.26. The van der Waals surface area contributed by atoms with E-state index in [0.717, 1.165) is 13.8 Å². The molecular weight excluding hydrogens is 461 g/mol. The predicted octanol–water partition coefficient (Wildman–Crippen LogP) is 4.29. The van der Waals surface area contributed by atoms with Crippen molar-refractivity contribution in [2.24, 2.45) is 0 Å². The van der Waals surface area contributed by atoms with E-state index in [1.54, 1.807) is 36.7 Å². The van der Waals surface area contributed by atoms with Crippen LogP contribution >= 0.6 is 0 Å². The van der Waals surface area contributed by atoms with E-state index in [-0.39, 0.29) is 16.3 Å². The highest BCUT2D eigenvalue weighted by atomic mass is 32.2. The van der Waals surface area contributed by atoms with Gasteiger partial charge >= 0.3 is 0 Å². The molecule has 0 saturated carbocycles. The van der Waals surface area contributed by atoms with E-state index in [9.17, 15) is 17.6 Å². The van der Waals surface area contributed by atoms with Crippen LogP contribution in [0, 0.1) is 0 Å². The summed E-state index contributed by atoms with van der Waals surface area (Å²) >= 11 is 0.